The van der Waals surface area contributed by atoms with Gasteiger partial charge < -0.3 is 20.6 Å². The Bertz CT molecular complexity index is 850. The van der Waals surface area contributed by atoms with Crippen LogP contribution in [0.15, 0.2) is 48.6 Å². The van der Waals surface area contributed by atoms with Crippen molar-refractivity contribution >= 4 is 5.91 Å². The van der Waals surface area contributed by atoms with Crippen LogP contribution in [0.4, 0.5) is 0 Å². The molecular weight excluding hydrogens is 643 g/mol. The maximum Gasteiger partial charge on any atom is 0.222 e. The van der Waals surface area contributed by atoms with E-state index in [9.17, 15) is 20.1 Å². The highest BCUT2D eigenvalue weighted by Gasteiger charge is 2.20. The van der Waals surface area contributed by atoms with Crippen molar-refractivity contribution in [3.8, 4) is 0 Å². The number of rotatable bonds is 40. The molecule has 0 saturated heterocycles. The molecule has 0 rings (SSSR count). The molecule has 5 nitrogen and oxygen atoms in total. The minimum Gasteiger partial charge on any atom is -0.394 e. The van der Waals surface area contributed by atoms with E-state index in [0.29, 0.717) is 6.42 Å². The van der Waals surface area contributed by atoms with Crippen molar-refractivity contribution in [3.05, 3.63) is 48.6 Å². The third kappa shape index (κ3) is 38.0. The predicted molar refractivity (Wildman–Crippen MR) is 227 cm³/mol. The Kier molecular flexibility index (Phi) is 40.7. The van der Waals surface area contributed by atoms with Crippen molar-refractivity contribution in [2.45, 2.75) is 238 Å². The van der Waals surface area contributed by atoms with E-state index in [1.165, 1.54) is 141 Å². The van der Waals surface area contributed by atoms with Crippen molar-refractivity contribution in [2.24, 2.45) is 0 Å². The number of nitrogens with one attached hydrogen (secondary N) is 1. The van der Waals surface area contributed by atoms with E-state index in [1.54, 1.807) is 6.08 Å². The molecule has 0 heterocycles. The zero-order valence-electron chi connectivity index (χ0n) is 34.4. The van der Waals surface area contributed by atoms with Crippen LogP contribution in [0.1, 0.15) is 219 Å². The summed E-state index contributed by atoms with van der Waals surface area (Å²) in [6, 6.07) is -0.772. The largest absolute Gasteiger partial charge is 0.394 e. The molecule has 0 radical (unpaired) electrons. The maximum absolute atomic E-state index is 12.4. The Morgan fingerprint density at radius 2 is 0.827 bits per heavy atom. The van der Waals surface area contributed by atoms with Crippen LogP contribution < -0.4 is 5.32 Å². The summed E-state index contributed by atoms with van der Waals surface area (Å²) in [6.07, 6.45) is 54.0. The van der Waals surface area contributed by atoms with Gasteiger partial charge >= 0.3 is 0 Å². The first-order chi connectivity index (χ1) is 25.5. The fourth-order valence-electron chi connectivity index (χ4n) is 6.60. The highest BCUT2D eigenvalue weighted by Crippen LogP contribution is 2.14. The van der Waals surface area contributed by atoms with Gasteiger partial charge in [0.15, 0.2) is 0 Å². The summed E-state index contributed by atoms with van der Waals surface area (Å²) >= 11 is 0. The smallest absolute Gasteiger partial charge is 0.222 e. The lowest BCUT2D eigenvalue weighted by Gasteiger charge is -2.20. The number of allylic oxidation sites excluding steroid dienone is 7. The van der Waals surface area contributed by atoms with Crippen molar-refractivity contribution in [3.63, 3.8) is 0 Å². The molecule has 52 heavy (non-hydrogen) atoms. The molecule has 0 aromatic rings. The van der Waals surface area contributed by atoms with Crippen LogP contribution in [0.5, 0.6) is 0 Å². The summed E-state index contributed by atoms with van der Waals surface area (Å²) in [7, 11) is 0. The molecule has 3 unspecified atom stereocenters. The molecule has 3 atom stereocenters. The Balaban J connectivity index is 3.76. The Hall–Kier alpha value is -1.69. The number of hydrogen-bond donors (Lipinski definition) is 4. The van der Waals surface area contributed by atoms with E-state index < -0.39 is 18.2 Å². The molecule has 0 aliphatic carbocycles. The zero-order chi connectivity index (χ0) is 38.0. The Morgan fingerprint density at radius 3 is 1.23 bits per heavy atom. The molecular formula is C47H87NO4. The molecule has 0 aliphatic rings. The van der Waals surface area contributed by atoms with E-state index >= 15 is 0 Å². The molecule has 304 valence electrons. The second-order valence-corrected chi connectivity index (χ2v) is 15.3. The number of hydrogen-bond acceptors (Lipinski definition) is 4. The lowest BCUT2D eigenvalue weighted by Crippen LogP contribution is -2.45. The summed E-state index contributed by atoms with van der Waals surface area (Å²) < 4.78 is 0. The molecule has 1 amide bonds. The van der Waals surface area contributed by atoms with Gasteiger partial charge in [-0.25, -0.2) is 0 Å². The van der Waals surface area contributed by atoms with E-state index in [0.717, 1.165) is 51.4 Å². The molecule has 4 N–H and O–H groups in total. The van der Waals surface area contributed by atoms with Gasteiger partial charge in [-0.05, 0) is 70.6 Å². The minimum absolute atomic E-state index is 0.00901. The van der Waals surface area contributed by atoms with Gasteiger partial charge in [0.1, 0.15) is 0 Å². The normalized spacial score (nSPS) is 14.0. The summed E-state index contributed by atoms with van der Waals surface area (Å²) in [5.41, 5.74) is 0. The van der Waals surface area contributed by atoms with Crippen LogP contribution >= 0.6 is 0 Å². The summed E-state index contributed by atoms with van der Waals surface area (Å²) in [5.74, 6) is -0.339. The zero-order valence-corrected chi connectivity index (χ0v) is 34.4. The van der Waals surface area contributed by atoms with Gasteiger partial charge in [0.2, 0.25) is 5.91 Å². The van der Waals surface area contributed by atoms with Crippen LogP contribution in [-0.2, 0) is 4.79 Å². The molecule has 0 bridgehead atoms. The van der Waals surface area contributed by atoms with Gasteiger partial charge in [-0.1, -0.05) is 191 Å². The fourth-order valence-corrected chi connectivity index (χ4v) is 6.60. The van der Waals surface area contributed by atoms with Crippen molar-refractivity contribution in [1.82, 2.24) is 5.32 Å². The standard InChI is InChI=1S/C47H87NO4/c1-3-5-7-9-11-13-15-17-19-21-22-23-24-25-27-29-31-33-35-37-39-41-46(51)45(43-49)48-47(52)42-44(50)40-38-36-34-32-30-28-26-20-18-16-14-12-10-8-6-4-2/h24-25,28,30-31,33,39,41,44-46,49-51H,3-23,26-27,29,32,34-38,40,42-43H2,1-2H3,(H,48,52)/b25-24+,30-28-,33-31+,41-39+. The SMILES string of the molecule is CCCCCCCCCCC/C=C\CCCCCC(O)CC(=O)NC(CO)C(O)/C=C/CC/C=C/CC/C=C/CCCCCCCCCCCCC. The van der Waals surface area contributed by atoms with Gasteiger partial charge in [0.25, 0.3) is 0 Å². The van der Waals surface area contributed by atoms with Gasteiger partial charge in [0.05, 0.1) is 31.3 Å². The quantitative estimate of drug-likeness (QED) is 0.0373. The minimum atomic E-state index is -0.964. The molecule has 0 aromatic heterocycles. The molecule has 0 aromatic carbocycles. The van der Waals surface area contributed by atoms with Crippen LogP contribution in [0, 0.1) is 0 Å². The van der Waals surface area contributed by atoms with Gasteiger partial charge in [-0.3, -0.25) is 4.79 Å². The highest BCUT2D eigenvalue weighted by atomic mass is 16.3. The third-order valence-electron chi connectivity index (χ3n) is 10.1. The van der Waals surface area contributed by atoms with Crippen LogP contribution in [0.3, 0.4) is 0 Å². The number of carbonyl (C=O) groups excluding carboxylic acids is 1. The number of aliphatic hydroxyl groups is 3. The first-order valence-electron chi connectivity index (χ1n) is 22.4. The second kappa shape index (κ2) is 42.1. The van der Waals surface area contributed by atoms with Gasteiger partial charge in [-0.15, -0.1) is 0 Å². The van der Waals surface area contributed by atoms with E-state index in [2.05, 4.69) is 55.6 Å². The summed E-state index contributed by atoms with van der Waals surface area (Å²) in [6.45, 7) is 4.19. The monoisotopic (exact) mass is 730 g/mol. The average molecular weight is 730 g/mol. The number of carbonyl (C=O) groups is 1. The third-order valence-corrected chi connectivity index (χ3v) is 10.1. The van der Waals surface area contributed by atoms with Crippen LogP contribution in [0.2, 0.25) is 0 Å². The maximum atomic E-state index is 12.4. The fraction of sp³-hybridized carbons (Fsp3) is 0.809. The Morgan fingerprint density at radius 1 is 0.481 bits per heavy atom. The summed E-state index contributed by atoms with van der Waals surface area (Å²) in [5, 5.41) is 33.2. The predicted octanol–water partition coefficient (Wildman–Crippen LogP) is 12.9. The van der Waals surface area contributed by atoms with Crippen molar-refractivity contribution in [1.29, 1.82) is 0 Å². The molecule has 0 saturated carbocycles. The molecule has 0 spiro atoms. The van der Waals surface area contributed by atoms with Gasteiger partial charge in [0, 0.05) is 0 Å². The topological polar surface area (TPSA) is 89.8 Å². The highest BCUT2D eigenvalue weighted by molar-refractivity contribution is 5.76. The number of amides is 1. The second-order valence-electron chi connectivity index (χ2n) is 15.3. The first-order valence-corrected chi connectivity index (χ1v) is 22.4. The van der Waals surface area contributed by atoms with E-state index in [4.69, 9.17) is 0 Å². The number of unbranched alkanes of at least 4 members (excludes halogenated alkanes) is 25. The lowest BCUT2D eigenvalue weighted by molar-refractivity contribution is -0.124. The van der Waals surface area contributed by atoms with E-state index in [-0.39, 0.29) is 18.9 Å². The van der Waals surface area contributed by atoms with Crippen LogP contribution in [-0.4, -0.2) is 46.1 Å². The Labute approximate surface area is 323 Å². The average Bonchev–Trinajstić information content (AvgIpc) is 3.14. The summed E-state index contributed by atoms with van der Waals surface area (Å²) in [4.78, 5) is 12.4. The van der Waals surface area contributed by atoms with E-state index in [1.807, 2.05) is 6.08 Å². The lowest BCUT2D eigenvalue weighted by atomic mass is 10.0. The van der Waals surface area contributed by atoms with Crippen molar-refractivity contribution < 1.29 is 20.1 Å². The molecule has 5 heteroatoms. The first kappa shape index (κ1) is 50.3. The van der Waals surface area contributed by atoms with Crippen molar-refractivity contribution in [2.75, 3.05) is 6.61 Å². The van der Waals surface area contributed by atoms with Crippen LogP contribution in [0.25, 0.3) is 0 Å². The molecule has 0 fully saturated rings. The van der Waals surface area contributed by atoms with Gasteiger partial charge in [-0.2, -0.15) is 0 Å². The number of aliphatic hydroxyl groups excluding tert-OH is 3. The molecule has 0 aliphatic heterocycles.